The molecule has 5 nitrogen and oxygen atoms in total. The highest BCUT2D eigenvalue weighted by molar-refractivity contribution is 6.24. The third-order valence-electron chi connectivity index (χ3n) is 4.49. The molecule has 5 heteroatoms. The lowest BCUT2D eigenvalue weighted by Crippen LogP contribution is -2.27. The number of methoxy groups -OCH3 is 1. The van der Waals surface area contributed by atoms with Gasteiger partial charge in [0, 0.05) is 11.1 Å². The van der Waals surface area contributed by atoms with Gasteiger partial charge >= 0.3 is 0 Å². The van der Waals surface area contributed by atoms with Crippen LogP contribution in [-0.2, 0) is 4.79 Å². The minimum Gasteiger partial charge on any atom is -0.495 e. The fraction of sp³-hybridized carbons (Fsp3) is 0.0909. The number of ether oxygens (including phenoxy) is 1. The Balaban J connectivity index is 1.50. The molecule has 0 fully saturated rings. The molecule has 0 atom stereocenters. The van der Waals surface area contributed by atoms with E-state index in [9.17, 15) is 4.79 Å². The Labute approximate surface area is 157 Å². The van der Waals surface area contributed by atoms with Crippen molar-refractivity contribution < 1.29 is 9.53 Å². The second-order valence-electron chi connectivity index (χ2n) is 6.14. The average Bonchev–Trinajstić information content (AvgIpc) is 3.05. The lowest BCUT2D eigenvalue weighted by atomic mass is 10.1. The maximum Gasteiger partial charge on any atom is 0.259 e. The van der Waals surface area contributed by atoms with Crippen LogP contribution in [0, 0.1) is 0 Å². The van der Waals surface area contributed by atoms with E-state index in [0.717, 1.165) is 33.7 Å². The first kappa shape index (κ1) is 16.8. The van der Waals surface area contributed by atoms with Crippen molar-refractivity contribution in [3.8, 4) is 16.9 Å². The topological polar surface area (TPSA) is 62.7 Å². The largest absolute Gasteiger partial charge is 0.495 e. The van der Waals surface area contributed by atoms with Crippen LogP contribution in [0.3, 0.4) is 0 Å². The fourth-order valence-corrected chi connectivity index (χ4v) is 3.24. The number of amides is 1. The second kappa shape index (κ2) is 7.33. The first-order valence-electron chi connectivity index (χ1n) is 8.70. The molecule has 0 heterocycles. The maximum atomic E-state index is 12.3. The summed E-state index contributed by atoms with van der Waals surface area (Å²) in [6, 6.07) is 23.6. The second-order valence-corrected chi connectivity index (χ2v) is 6.14. The van der Waals surface area contributed by atoms with E-state index in [0.29, 0.717) is 5.75 Å². The summed E-state index contributed by atoms with van der Waals surface area (Å²) in [6.45, 7) is 0.0977. The van der Waals surface area contributed by atoms with Crippen LogP contribution in [0.1, 0.15) is 11.1 Å². The third kappa shape index (κ3) is 3.27. The number of anilines is 1. The minimum atomic E-state index is -0.227. The molecule has 0 unspecified atom stereocenters. The van der Waals surface area contributed by atoms with Crippen molar-refractivity contribution in [2.75, 3.05) is 19.0 Å². The Bertz CT molecular complexity index is 980. The van der Waals surface area contributed by atoms with E-state index in [4.69, 9.17) is 4.74 Å². The van der Waals surface area contributed by atoms with Crippen LogP contribution < -0.4 is 15.5 Å². The summed E-state index contributed by atoms with van der Waals surface area (Å²) >= 11 is 0. The molecule has 27 heavy (non-hydrogen) atoms. The van der Waals surface area contributed by atoms with Gasteiger partial charge < -0.3 is 10.1 Å². The smallest absolute Gasteiger partial charge is 0.259 e. The van der Waals surface area contributed by atoms with Crippen LogP contribution in [0.5, 0.6) is 5.75 Å². The van der Waals surface area contributed by atoms with Gasteiger partial charge in [-0.3, -0.25) is 4.79 Å². The monoisotopic (exact) mass is 357 g/mol. The fourth-order valence-electron chi connectivity index (χ4n) is 3.24. The van der Waals surface area contributed by atoms with Crippen molar-refractivity contribution in [3.63, 3.8) is 0 Å². The zero-order valence-electron chi connectivity index (χ0n) is 14.9. The number of hydrogen-bond acceptors (Lipinski definition) is 4. The van der Waals surface area contributed by atoms with Gasteiger partial charge in [0.1, 0.15) is 5.75 Å². The van der Waals surface area contributed by atoms with Crippen LogP contribution in [-0.4, -0.2) is 25.3 Å². The lowest BCUT2D eigenvalue weighted by molar-refractivity contribution is -0.119. The molecule has 1 aliphatic rings. The molecule has 4 rings (SSSR count). The van der Waals surface area contributed by atoms with E-state index in [-0.39, 0.29) is 12.5 Å². The van der Waals surface area contributed by atoms with Crippen LogP contribution >= 0.6 is 0 Å². The predicted octanol–water partition coefficient (Wildman–Crippen LogP) is 3.66. The first-order chi connectivity index (χ1) is 13.3. The Morgan fingerprint density at radius 2 is 1.41 bits per heavy atom. The molecule has 0 saturated carbocycles. The number of carbonyl (C=O) groups is 1. The molecule has 0 aromatic heterocycles. The normalized spacial score (nSPS) is 11.4. The SMILES string of the molecule is COc1ccccc1NCC(=O)NN=C1c2ccccc2-c2ccccc21. The molecule has 1 amide bonds. The Hall–Kier alpha value is -3.60. The number of hydrogen-bond donors (Lipinski definition) is 2. The summed E-state index contributed by atoms with van der Waals surface area (Å²) in [4.78, 5) is 12.3. The van der Waals surface area contributed by atoms with Gasteiger partial charge in [-0.05, 0) is 23.3 Å². The van der Waals surface area contributed by atoms with E-state index >= 15 is 0 Å². The quantitative estimate of drug-likeness (QED) is 0.536. The number of fused-ring (bicyclic) bond motifs is 3. The highest BCUT2D eigenvalue weighted by Gasteiger charge is 2.24. The van der Waals surface area contributed by atoms with Crippen molar-refractivity contribution in [2.45, 2.75) is 0 Å². The zero-order chi connectivity index (χ0) is 18.6. The van der Waals surface area contributed by atoms with Gasteiger partial charge in [0.15, 0.2) is 0 Å². The minimum absolute atomic E-state index is 0.0977. The van der Waals surface area contributed by atoms with Crippen LogP contribution in [0.4, 0.5) is 5.69 Å². The van der Waals surface area contributed by atoms with E-state index in [1.807, 2.05) is 60.7 Å². The molecule has 0 radical (unpaired) electrons. The molecular weight excluding hydrogens is 338 g/mol. The molecule has 0 aliphatic heterocycles. The number of rotatable bonds is 5. The van der Waals surface area contributed by atoms with E-state index in [1.165, 1.54) is 0 Å². The molecule has 0 bridgehead atoms. The number of nitrogens with one attached hydrogen (secondary N) is 2. The van der Waals surface area contributed by atoms with Gasteiger partial charge in [-0.15, -0.1) is 0 Å². The van der Waals surface area contributed by atoms with Crippen LogP contribution in [0.15, 0.2) is 77.9 Å². The van der Waals surface area contributed by atoms with Crippen molar-refractivity contribution in [1.82, 2.24) is 5.43 Å². The molecule has 3 aromatic rings. The van der Waals surface area contributed by atoms with Crippen LogP contribution in [0.2, 0.25) is 0 Å². The third-order valence-corrected chi connectivity index (χ3v) is 4.49. The first-order valence-corrected chi connectivity index (χ1v) is 8.70. The van der Waals surface area contributed by atoms with Crippen molar-refractivity contribution in [2.24, 2.45) is 5.10 Å². The standard InChI is InChI=1S/C22H19N3O2/c1-27-20-13-7-6-12-19(20)23-14-21(26)24-25-22-17-10-4-2-8-15(17)16-9-3-5-11-18(16)22/h2-13,23H,14H2,1H3,(H,24,26). The number of nitrogens with zero attached hydrogens (tertiary/aromatic N) is 1. The summed E-state index contributed by atoms with van der Waals surface area (Å²) < 4.78 is 5.28. The van der Waals surface area contributed by atoms with Crippen molar-refractivity contribution in [3.05, 3.63) is 83.9 Å². The van der Waals surface area contributed by atoms with Gasteiger partial charge in [-0.25, -0.2) is 5.43 Å². The van der Waals surface area contributed by atoms with Gasteiger partial charge in [0.25, 0.3) is 5.91 Å². The van der Waals surface area contributed by atoms with Crippen molar-refractivity contribution >= 4 is 17.3 Å². The number of hydrazone groups is 1. The highest BCUT2D eigenvalue weighted by Crippen LogP contribution is 2.36. The number of carbonyl (C=O) groups excluding carboxylic acids is 1. The molecule has 3 aromatic carbocycles. The predicted molar refractivity (Wildman–Crippen MR) is 107 cm³/mol. The average molecular weight is 357 g/mol. The van der Waals surface area contributed by atoms with Gasteiger partial charge in [0.05, 0.1) is 25.1 Å². The van der Waals surface area contributed by atoms with Crippen molar-refractivity contribution in [1.29, 1.82) is 0 Å². The summed E-state index contributed by atoms with van der Waals surface area (Å²) in [5, 5.41) is 7.48. The van der Waals surface area contributed by atoms with E-state index in [1.54, 1.807) is 7.11 Å². The molecule has 1 aliphatic carbocycles. The number of benzene rings is 3. The highest BCUT2D eigenvalue weighted by atomic mass is 16.5. The summed E-state index contributed by atoms with van der Waals surface area (Å²) in [6.07, 6.45) is 0. The summed E-state index contributed by atoms with van der Waals surface area (Å²) in [5.74, 6) is 0.463. The Kier molecular flexibility index (Phi) is 4.58. The summed E-state index contributed by atoms with van der Waals surface area (Å²) in [7, 11) is 1.60. The lowest BCUT2D eigenvalue weighted by Gasteiger charge is -2.10. The molecule has 0 saturated heterocycles. The Morgan fingerprint density at radius 3 is 2.04 bits per heavy atom. The number of para-hydroxylation sites is 2. The van der Waals surface area contributed by atoms with Gasteiger partial charge in [0.2, 0.25) is 0 Å². The Morgan fingerprint density at radius 1 is 0.852 bits per heavy atom. The molecule has 134 valence electrons. The van der Waals surface area contributed by atoms with Crippen LogP contribution in [0.25, 0.3) is 11.1 Å². The van der Waals surface area contributed by atoms with E-state index in [2.05, 4.69) is 28.0 Å². The zero-order valence-corrected chi connectivity index (χ0v) is 14.9. The maximum absolute atomic E-state index is 12.3. The van der Waals surface area contributed by atoms with E-state index < -0.39 is 0 Å². The summed E-state index contributed by atoms with van der Waals surface area (Å²) in [5.41, 5.74) is 8.52. The molecule has 0 spiro atoms. The molecular formula is C22H19N3O2. The molecule has 2 N–H and O–H groups in total. The van der Waals surface area contributed by atoms with Gasteiger partial charge in [-0.1, -0.05) is 60.7 Å². The van der Waals surface area contributed by atoms with Gasteiger partial charge in [-0.2, -0.15) is 5.10 Å².